The first-order chi connectivity index (χ1) is 9.53. The van der Waals surface area contributed by atoms with Crippen molar-refractivity contribution in [1.29, 1.82) is 0 Å². The molecule has 0 bridgehead atoms. The first-order valence-electron chi connectivity index (χ1n) is 5.85. The van der Waals surface area contributed by atoms with Gasteiger partial charge in [0.1, 0.15) is 11.6 Å². The summed E-state index contributed by atoms with van der Waals surface area (Å²) in [5.74, 6) is -4.23. The molecule has 1 aromatic carbocycles. The summed E-state index contributed by atoms with van der Waals surface area (Å²) in [6.45, 7) is -0.824. The van der Waals surface area contributed by atoms with E-state index in [4.69, 9.17) is 11.6 Å². The van der Waals surface area contributed by atoms with Crippen LogP contribution < -0.4 is 5.32 Å². The number of hydrogen-bond acceptors (Lipinski definition) is 2. The predicted molar refractivity (Wildman–Crippen MR) is 71.6 cm³/mol. The van der Waals surface area contributed by atoms with E-state index in [2.05, 4.69) is 15.5 Å². The van der Waals surface area contributed by atoms with Crippen molar-refractivity contribution >= 4 is 17.5 Å². The molecular weight excluding hydrogens is 288 g/mol. The van der Waals surface area contributed by atoms with E-state index >= 15 is 0 Å². The minimum Gasteiger partial charge on any atom is -0.349 e. The Bertz CT molecular complexity index is 586. The number of alkyl halides is 3. The van der Waals surface area contributed by atoms with Gasteiger partial charge in [-0.05, 0) is 6.07 Å². The van der Waals surface area contributed by atoms with E-state index in [-0.39, 0.29) is 11.6 Å². The molecule has 0 spiro atoms. The number of carbonyl (C=O) groups excluding carboxylic acids is 1. The smallest absolute Gasteiger partial charge is 0.306 e. The molecule has 0 fully saturated rings. The minimum absolute atomic E-state index is 0.353. The normalized spacial score (nSPS) is 11.3. The van der Waals surface area contributed by atoms with Crippen LogP contribution in [0.4, 0.5) is 8.78 Å². The molecule has 0 saturated carbocycles. The van der Waals surface area contributed by atoms with Gasteiger partial charge in [0.15, 0.2) is 0 Å². The Morgan fingerprint density at radius 3 is 2.70 bits per heavy atom. The number of carbonyl (C=O) groups is 1. The van der Waals surface area contributed by atoms with Crippen LogP contribution in [-0.4, -0.2) is 28.5 Å². The minimum atomic E-state index is -3.23. The van der Waals surface area contributed by atoms with Crippen molar-refractivity contribution in [2.24, 2.45) is 0 Å². The average molecular weight is 300 g/mol. The number of hydrogen-bond donors (Lipinski definition) is 2. The monoisotopic (exact) mass is 299 g/mol. The highest BCUT2D eigenvalue weighted by molar-refractivity contribution is 6.27. The van der Waals surface area contributed by atoms with Gasteiger partial charge in [-0.15, -0.1) is 11.6 Å². The zero-order valence-corrected chi connectivity index (χ0v) is 11.1. The zero-order chi connectivity index (χ0) is 14.6. The lowest BCUT2D eigenvalue weighted by Gasteiger charge is -2.14. The highest BCUT2D eigenvalue weighted by atomic mass is 35.5. The Hall–Kier alpha value is -1.95. The standard InChI is InChI=1S/C13H12ClF2N3O/c14-7-12(20)17-8-13(15,16)11-6-10(18-19-11)9-4-2-1-3-5-9/h1-6H,7-8H2,(H,17,20)(H,18,19). The molecular formula is C13H12ClF2N3O. The Balaban J connectivity index is 2.13. The van der Waals surface area contributed by atoms with Crippen LogP contribution in [0.1, 0.15) is 5.69 Å². The summed E-state index contributed by atoms with van der Waals surface area (Å²) in [4.78, 5) is 10.9. The number of nitrogens with zero attached hydrogens (tertiary/aromatic N) is 1. The van der Waals surface area contributed by atoms with Crippen LogP contribution in [0.25, 0.3) is 11.3 Å². The number of amides is 1. The summed E-state index contributed by atoms with van der Waals surface area (Å²) in [5.41, 5.74) is 0.797. The number of nitrogens with one attached hydrogen (secondary N) is 2. The maximum Gasteiger partial charge on any atom is 0.306 e. The molecule has 0 unspecified atom stereocenters. The van der Waals surface area contributed by atoms with Crippen molar-refractivity contribution in [3.63, 3.8) is 0 Å². The number of benzene rings is 1. The van der Waals surface area contributed by atoms with Gasteiger partial charge in [-0.2, -0.15) is 13.9 Å². The Morgan fingerprint density at radius 1 is 1.35 bits per heavy atom. The molecule has 0 aliphatic carbocycles. The molecule has 0 aliphatic rings. The van der Waals surface area contributed by atoms with Crippen molar-refractivity contribution in [2.45, 2.75) is 5.92 Å². The Labute approximate surface area is 119 Å². The maximum atomic E-state index is 13.9. The van der Waals surface area contributed by atoms with Gasteiger partial charge in [-0.1, -0.05) is 30.3 Å². The summed E-state index contributed by atoms with van der Waals surface area (Å²) >= 11 is 5.23. The molecule has 0 saturated heterocycles. The van der Waals surface area contributed by atoms with E-state index in [0.29, 0.717) is 5.69 Å². The number of H-pyrrole nitrogens is 1. The van der Waals surface area contributed by atoms with Gasteiger partial charge in [0.05, 0.1) is 12.2 Å². The van der Waals surface area contributed by atoms with Crippen molar-refractivity contribution in [2.75, 3.05) is 12.4 Å². The lowest BCUT2D eigenvalue weighted by Crippen LogP contribution is -2.35. The largest absolute Gasteiger partial charge is 0.349 e. The lowest BCUT2D eigenvalue weighted by atomic mass is 10.1. The van der Waals surface area contributed by atoms with Crippen molar-refractivity contribution in [1.82, 2.24) is 15.5 Å². The van der Waals surface area contributed by atoms with E-state index < -0.39 is 18.4 Å². The SMILES string of the molecule is O=C(CCl)NCC(F)(F)c1cc(-c2ccccc2)n[nH]1. The third kappa shape index (κ3) is 3.33. The topological polar surface area (TPSA) is 57.8 Å². The molecule has 1 aromatic heterocycles. The fourth-order valence-corrected chi connectivity index (χ4v) is 1.71. The van der Waals surface area contributed by atoms with E-state index in [1.807, 2.05) is 6.07 Å². The number of halogens is 3. The fourth-order valence-electron chi connectivity index (χ4n) is 1.62. The highest BCUT2D eigenvalue weighted by Gasteiger charge is 2.34. The third-order valence-electron chi connectivity index (χ3n) is 2.67. The summed E-state index contributed by atoms with van der Waals surface area (Å²) in [6.07, 6.45) is 0. The van der Waals surface area contributed by atoms with Crippen LogP contribution in [0.3, 0.4) is 0 Å². The Morgan fingerprint density at radius 2 is 2.05 bits per heavy atom. The summed E-state index contributed by atoms with van der Waals surface area (Å²) in [6, 6.07) is 10.2. The van der Waals surface area contributed by atoms with Gasteiger partial charge in [0.25, 0.3) is 0 Å². The summed E-state index contributed by atoms with van der Waals surface area (Å²) in [7, 11) is 0. The molecule has 2 N–H and O–H groups in total. The van der Waals surface area contributed by atoms with Crippen molar-refractivity contribution in [3.05, 3.63) is 42.1 Å². The van der Waals surface area contributed by atoms with E-state index in [0.717, 1.165) is 5.56 Å². The van der Waals surface area contributed by atoms with E-state index in [9.17, 15) is 13.6 Å². The lowest BCUT2D eigenvalue weighted by molar-refractivity contribution is -0.120. The van der Waals surface area contributed by atoms with Gasteiger partial charge < -0.3 is 5.32 Å². The first-order valence-corrected chi connectivity index (χ1v) is 6.38. The first kappa shape index (κ1) is 14.5. The van der Waals surface area contributed by atoms with Crippen molar-refractivity contribution < 1.29 is 13.6 Å². The zero-order valence-electron chi connectivity index (χ0n) is 10.4. The summed E-state index contributed by atoms with van der Waals surface area (Å²) < 4.78 is 27.7. The van der Waals surface area contributed by atoms with Gasteiger partial charge in [-0.25, -0.2) is 0 Å². The number of aromatic amines is 1. The number of aromatic nitrogens is 2. The quantitative estimate of drug-likeness (QED) is 0.834. The molecule has 2 rings (SSSR count). The van der Waals surface area contributed by atoms with Crippen LogP contribution in [0.15, 0.2) is 36.4 Å². The molecule has 4 nitrogen and oxygen atoms in total. The molecule has 20 heavy (non-hydrogen) atoms. The van der Waals surface area contributed by atoms with Crippen molar-refractivity contribution in [3.8, 4) is 11.3 Å². The highest BCUT2D eigenvalue weighted by Crippen LogP contribution is 2.28. The third-order valence-corrected chi connectivity index (χ3v) is 2.91. The second-order valence-electron chi connectivity index (χ2n) is 4.15. The van der Waals surface area contributed by atoms with Gasteiger partial charge >= 0.3 is 5.92 Å². The molecule has 1 heterocycles. The molecule has 106 valence electrons. The van der Waals surface area contributed by atoms with Crippen LogP contribution in [0, 0.1) is 0 Å². The molecule has 2 aromatic rings. The fraction of sp³-hybridized carbons (Fsp3) is 0.231. The van der Waals surface area contributed by atoms with Crippen LogP contribution in [0.2, 0.25) is 0 Å². The number of rotatable bonds is 5. The van der Waals surface area contributed by atoms with E-state index in [1.54, 1.807) is 24.3 Å². The average Bonchev–Trinajstić information content (AvgIpc) is 2.96. The second kappa shape index (κ2) is 6.00. The van der Waals surface area contributed by atoms with Gasteiger partial charge in [0.2, 0.25) is 5.91 Å². The predicted octanol–water partition coefficient (Wildman–Crippen LogP) is 2.52. The van der Waals surface area contributed by atoms with E-state index in [1.165, 1.54) is 6.07 Å². The van der Waals surface area contributed by atoms with Crippen LogP contribution >= 0.6 is 11.6 Å². The molecule has 0 atom stereocenters. The molecule has 1 amide bonds. The summed E-state index contributed by atoms with van der Waals surface area (Å²) in [5, 5.41) is 8.21. The molecule has 0 radical (unpaired) electrons. The van der Waals surface area contributed by atoms with Crippen LogP contribution in [0.5, 0.6) is 0 Å². The Kier molecular flexibility index (Phi) is 4.34. The second-order valence-corrected chi connectivity index (χ2v) is 4.41. The molecule has 0 aliphatic heterocycles. The van der Waals surface area contributed by atoms with Crippen LogP contribution in [-0.2, 0) is 10.7 Å². The maximum absolute atomic E-state index is 13.9. The van der Waals surface area contributed by atoms with Gasteiger partial charge in [-0.3, -0.25) is 9.89 Å². The molecule has 7 heteroatoms. The van der Waals surface area contributed by atoms with Gasteiger partial charge in [0, 0.05) is 5.56 Å².